The third-order valence-electron chi connectivity index (χ3n) is 2.11. The van der Waals surface area contributed by atoms with Crippen LogP contribution in [0.25, 0.3) is 0 Å². The quantitative estimate of drug-likeness (QED) is 0.739. The van der Waals surface area contributed by atoms with Crippen molar-refractivity contribution in [3.8, 4) is 23.8 Å². The highest BCUT2D eigenvalue weighted by molar-refractivity contribution is 9.10. The maximum atomic E-state index is 5.59. The Bertz CT molecular complexity index is 407. The number of halogens is 1. The molecule has 0 unspecified atom stereocenters. The standard InChI is InChI=1S/C14H17BrO2/c1-4-7-16-13-10-12(15)14(17-8-5-2)9-11(13)6-3/h3,9-10H,4-5,7-8H2,1-2H3. The molecule has 0 radical (unpaired) electrons. The largest absolute Gasteiger partial charge is 0.492 e. The normalized spacial score (nSPS) is 9.76. The van der Waals surface area contributed by atoms with Gasteiger partial charge in [0.1, 0.15) is 11.5 Å². The summed E-state index contributed by atoms with van der Waals surface area (Å²) in [6, 6.07) is 3.71. The molecule has 0 aliphatic carbocycles. The van der Waals surface area contributed by atoms with Gasteiger partial charge in [0, 0.05) is 6.07 Å². The highest BCUT2D eigenvalue weighted by Crippen LogP contribution is 2.32. The van der Waals surface area contributed by atoms with Gasteiger partial charge in [0.25, 0.3) is 0 Å². The molecule has 0 heterocycles. The van der Waals surface area contributed by atoms with E-state index in [0.717, 1.165) is 34.4 Å². The van der Waals surface area contributed by atoms with E-state index in [2.05, 4.69) is 35.7 Å². The van der Waals surface area contributed by atoms with Crippen molar-refractivity contribution in [2.24, 2.45) is 0 Å². The van der Waals surface area contributed by atoms with E-state index in [4.69, 9.17) is 15.9 Å². The highest BCUT2D eigenvalue weighted by atomic mass is 79.9. The second-order valence-electron chi connectivity index (χ2n) is 3.62. The molecule has 1 aromatic rings. The summed E-state index contributed by atoms with van der Waals surface area (Å²) in [5, 5.41) is 0. The second kappa shape index (κ2) is 7.24. The van der Waals surface area contributed by atoms with Crippen LogP contribution in [0.3, 0.4) is 0 Å². The Kier molecular flexibility index (Phi) is 5.93. The Hall–Kier alpha value is -1.14. The molecule has 0 spiro atoms. The van der Waals surface area contributed by atoms with Crippen LogP contribution in [0.5, 0.6) is 11.5 Å². The van der Waals surface area contributed by atoms with Gasteiger partial charge >= 0.3 is 0 Å². The van der Waals surface area contributed by atoms with Gasteiger partial charge in [0.2, 0.25) is 0 Å². The third-order valence-corrected chi connectivity index (χ3v) is 2.73. The van der Waals surface area contributed by atoms with E-state index in [-0.39, 0.29) is 0 Å². The van der Waals surface area contributed by atoms with E-state index in [1.165, 1.54) is 0 Å². The number of hydrogen-bond donors (Lipinski definition) is 0. The minimum Gasteiger partial charge on any atom is -0.492 e. The van der Waals surface area contributed by atoms with Crippen molar-refractivity contribution in [3.63, 3.8) is 0 Å². The third kappa shape index (κ3) is 3.98. The average molecular weight is 297 g/mol. The number of ether oxygens (including phenoxy) is 2. The fourth-order valence-corrected chi connectivity index (χ4v) is 1.74. The van der Waals surface area contributed by atoms with Crippen LogP contribution < -0.4 is 9.47 Å². The summed E-state index contributed by atoms with van der Waals surface area (Å²) in [4.78, 5) is 0. The molecule has 0 saturated heterocycles. The van der Waals surface area contributed by atoms with Gasteiger partial charge in [-0.15, -0.1) is 6.42 Å². The van der Waals surface area contributed by atoms with Crippen molar-refractivity contribution in [2.75, 3.05) is 13.2 Å². The summed E-state index contributed by atoms with van der Waals surface area (Å²) >= 11 is 3.46. The highest BCUT2D eigenvalue weighted by Gasteiger charge is 2.09. The molecule has 0 amide bonds. The lowest BCUT2D eigenvalue weighted by atomic mass is 10.2. The topological polar surface area (TPSA) is 18.5 Å². The van der Waals surface area contributed by atoms with Crippen molar-refractivity contribution in [3.05, 3.63) is 22.2 Å². The average Bonchev–Trinajstić information content (AvgIpc) is 2.35. The zero-order valence-electron chi connectivity index (χ0n) is 10.3. The molecule has 17 heavy (non-hydrogen) atoms. The van der Waals surface area contributed by atoms with E-state index in [9.17, 15) is 0 Å². The first-order valence-electron chi connectivity index (χ1n) is 5.78. The molecule has 0 bridgehead atoms. The van der Waals surface area contributed by atoms with Crippen LogP contribution in [0, 0.1) is 12.3 Å². The maximum Gasteiger partial charge on any atom is 0.136 e. The Labute approximate surface area is 111 Å². The van der Waals surface area contributed by atoms with Crippen LogP contribution in [0.2, 0.25) is 0 Å². The predicted octanol–water partition coefficient (Wildman–Crippen LogP) is 4.01. The van der Waals surface area contributed by atoms with Crippen LogP contribution in [0.1, 0.15) is 32.3 Å². The van der Waals surface area contributed by atoms with Gasteiger partial charge in [-0.1, -0.05) is 19.8 Å². The lowest BCUT2D eigenvalue weighted by molar-refractivity contribution is 0.306. The Morgan fingerprint density at radius 1 is 1.12 bits per heavy atom. The first kappa shape index (κ1) is 13.9. The summed E-state index contributed by atoms with van der Waals surface area (Å²) < 4.78 is 12.1. The molecule has 3 heteroatoms. The Morgan fingerprint density at radius 2 is 1.71 bits per heavy atom. The van der Waals surface area contributed by atoms with E-state index in [0.29, 0.717) is 13.2 Å². The fraction of sp³-hybridized carbons (Fsp3) is 0.429. The summed E-state index contributed by atoms with van der Waals surface area (Å²) in [6.45, 7) is 5.46. The summed E-state index contributed by atoms with van der Waals surface area (Å²) in [6.07, 6.45) is 7.39. The summed E-state index contributed by atoms with van der Waals surface area (Å²) in [7, 11) is 0. The molecule has 92 valence electrons. The molecule has 0 N–H and O–H groups in total. The molecular formula is C14H17BrO2. The first-order valence-corrected chi connectivity index (χ1v) is 6.58. The molecule has 2 nitrogen and oxygen atoms in total. The number of rotatable bonds is 6. The van der Waals surface area contributed by atoms with E-state index in [1.54, 1.807) is 0 Å². The lowest BCUT2D eigenvalue weighted by Crippen LogP contribution is -2.00. The summed E-state index contributed by atoms with van der Waals surface area (Å²) in [5.74, 6) is 4.12. The number of hydrogen-bond acceptors (Lipinski definition) is 2. The molecule has 0 aliphatic rings. The SMILES string of the molecule is C#Cc1cc(OCCC)c(Br)cc1OCCC. The fourth-order valence-electron chi connectivity index (χ4n) is 1.30. The Balaban J connectivity index is 2.94. The molecular weight excluding hydrogens is 280 g/mol. The molecule has 0 atom stereocenters. The van der Waals surface area contributed by atoms with Crippen LogP contribution in [0.15, 0.2) is 16.6 Å². The molecule has 1 aromatic carbocycles. The van der Waals surface area contributed by atoms with Crippen molar-refractivity contribution >= 4 is 15.9 Å². The van der Waals surface area contributed by atoms with Gasteiger partial charge in [-0.25, -0.2) is 0 Å². The lowest BCUT2D eigenvalue weighted by Gasteiger charge is -2.12. The van der Waals surface area contributed by atoms with E-state index in [1.807, 2.05) is 12.1 Å². The zero-order chi connectivity index (χ0) is 12.7. The van der Waals surface area contributed by atoms with Gasteiger partial charge in [-0.3, -0.25) is 0 Å². The first-order chi connectivity index (χ1) is 8.22. The summed E-state index contributed by atoms with van der Waals surface area (Å²) in [5.41, 5.74) is 0.729. The van der Waals surface area contributed by atoms with Gasteiger partial charge in [-0.2, -0.15) is 0 Å². The monoisotopic (exact) mass is 296 g/mol. The smallest absolute Gasteiger partial charge is 0.136 e. The van der Waals surface area contributed by atoms with E-state index < -0.39 is 0 Å². The number of benzene rings is 1. The molecule has 0 aliphatic heterocycles. The van der Waals surface area contributed by atoms with Crippen LogP contribution in [-0.4, -0.2) is 13.2 Å². The number of terminal acetylenes is 1. The Morgan fingerprint density at radius 3 is 2.24 bits per heavy atom. The van der Waals surface area contributed by atoms with Crippen molar-refractivity contribution in [1.82, 2.24) is 0 Å². The van der Waals surface area contributed by atoms with Crippen molar-refractivity contribution in [1.29, 1.82) is 0 Å². The van der Waals surface area contributed by atoms with Gasteiger partial charge in [0.15, 0.2) is 0 Å². The van der Waals surface area contributed by atoms with Crippen LogP contribution in [0.4, 0.5) is 0 Å². The van der Waals surface area contributed by atoms with Gasteiger partial charge in [-0.05, 0) is 34.8 Å². The maximum absolute atomic E-state index is 5.59. The van der Waals surface area contributed by atoms with Crippen molar-refractivity contribution < 1.29 is 9.47 Å². The molecule has 0 fully saturated rings. The molecule has 0 saturated carbocycles. The zero-order valence-corrected chi connectivity index (χ0v) is 11.8. The van der Waals surface area contributed by atoms with E-state index >= 15 is 0 Å². The van der Waals surface area contributed by atoms with Gasteiger partial charge in [0.05, 0.1) is 23.2 Å². The minimum atomic E-state index is 0.663. The minimum absolute atomic E-state index is 0.663. The van der Waals surface area contributed by atoms with Crippen LogP contribution >= 0.6 is 15.9 Å². The van der Waals surface area contributed by atoms with Crippen molar-refractivity contribution in [2.45, 2.75) is 26.7 Å². The van der Waals surface area contributed by atoms with Gasteiger partial charge < -0.3 is 9.47 Å². The molecule has 1 rings (SSSR count). The second-order valence-corrected chi connectivity index (χ2v) is 4.47. The molecule has 0 aromatic heterocycles. The van der Waals surface area contributed by atoms with Crippen LogP contribution in [-0.2, 0) is 0 Å². The predicted molar refractivity (Wildman–Crippen MR) is 73.6 cm³/mol.